The standard InChI is InChI=1S/C15H19ClN2O2S/c1-10-14(20)18(9-8-13(19)17(2)3)15(21-10)11-6-4-5-7-12(11)16/h4-7,10,15H,8-9H2,1-3H3. The van der Waals surface area contributed by atoms with Gasteiger partial charge in [-0.2, -0.15) is 0 Å². The zero-order valence-electron chi connectivity index (χ0n) is 12.4. The van der Waals surface area contributed by atoms with Gasteiger partial charge in [-0.1, -0.05) is 29.8 Å². The van der Waals surface area contributed by atoms with E-state index in [1.165, 1.54) is 0 Å². The molecule has 0 aliphatic carbocycles. The second-order valence-corrected chi connectivity index (χ2v) is 7.05. The van der Waals surface area contributed by atoms with Gasteiger partial charge in [0.1, 0.15) is 5.37 Å². The summed E-state index contributed by atoms with van der Waals surface area (Å²) in [7, 11) is 3.44. The van der Waals surface area contributed by atoms with Crippen LogP contribution < -0.4 is 0 Å². The molecule has 0 saturated carbocycles. The van der Waals surface area contributed by atoms with Crippen LogP contribution in [0, 0.1) is 0 Å². The van der Waals surface area contributed by atoms with E-state index in [-0.39, 0.29) is 22.4 Å². The molecule has 1 fully saturated rings. The smallest absolute Gasteiger partial charge is 0.236 e. The average Bonchev–Trinajstić information content (AvgIpc) is 2.72. The highest BCUT2D eigenvalue weighted by Crippen LogP contribution is 2.44. The van der Waals surface area contributed by atoms with Gasteiger partial charge in [0.2, 0.25) is 11.8 Å². The van der Waals surface area contributed by atoms with Crippen LogP contribution in [0.15, 0.2) is 24.3 Å². The molecule has 1 aliphatic rings. The number of nitrogens with zero attached hydrogens (tertiary/aromatic N) is 2. The lowest BCUT2D eigenvalue weighted by atomic mass is 10.2. The molecule has 0 radical (unpaired) electrons. The van der Waals surface area contributed by atoms with Crippen LogP contribution in [-0.4, -0.2) is 47.5 Å². The number of carbonyl (C=O) groups is 2. The van der Waals surface area contributed by atoms with Gasteiger partial charge in [-0.15, -0.1) is 11.8 Å². The number of halogens is 1. The Morgan fingerprint density at radius 3 is 2.67 bits per heavy atom. The lowest BCUT2D eigenvalue weighted by Crippen LogP contribution is -2.34. The average molecular weight is 327 g/mol. The Hall–Kier alpha value is -1.20. The Labute approximate surface area is 134 Å². The molecule has 0 spiro atoms. The normalized spacial score (nSPS) is 21.7. The van der Waals surface area contributed by atoms with Gasteiger partial charge in [0, 0.05) is 37.6 Å². The molecule has 1 aromatic carbocycles. The first-order chi connectivity index (χ1) is 9.91. The van der Waals surface area contributed by atoms with E-state index in [2.05, 4.69) is 0 Å². The second-order valence-electron chi connectivity index (χ2n) is 5.22. The van der Waals surface area contributed by atoms with Crippen molar-refractivity contribution in [2.45, 2.75) is 24.0 Å². The number of benzene rings is 1. The maximum absolute atomic E-state index is 12.3. The van der Waals surface area contributed by atoms with Crippen LogP contribution in [0.5, 0.6) is 0 Å². The topological polar surface area (TPSA) is 40.6 Å². The Balaban J connectivity index is 2.18. The molecule has 2 atom stereocenters. The highest BCUT2D eigenvalue weighted by atomic mass is 35.5. The Morgan fingerprint density at radius 2 is 2.05 bits per heavy atom. The number of carbonyl (C=O) groups excluding carboxylic acids is 2. The van der Waals surface area contributed by atoms with Crippen LogP contribution in [0.3, 0.4) is 0 Å². The molecule has 2 unspecified atom stereocenters. The first-order valence-corrected chi connectivity index (χ1v) is 8.14. The summed E-state index contributed by atoms with van der Waals surface area (Å²) in [6, 6.07) is 7.55. The van der Waals surface area contributed by atoms with E-state index >= 15 is 0 Å². The zero-order valence-corrected chi connectivity index (χ0v) is 13.9. The molecule has 1 aromatic rings. The minimum Gasteiger partial charge on any atom is -0.349 e. The van der Waals surface area contributed by atoms with E-state index in [1.807, 2.05) is 31.2 Å². The summed E-state index contributed by atoms with van der Waals surface area (Å²) in [5.74, 6) is 0.0849. The summed E-state index contributed by atoms with van der Waals surface area (Å²) < 4.78 is 0. The molecular weight excluding hydrogens is 308 g/mol. The lowest BCUT2D eigenvalue weighted by Gasteiger charge is -2.25. The van der Waals surface area contributed by atoms with E-state index in [4.69, 9.17) is 11.6 Å². The molecule has 6 heteroatoms. The van der Waals surface area contributed by atoms with Crippen molar-refractivity contribution in [1.82, 2.24) is 9.80 Å². The van der Waals surface area contributed by atoms with Gasteiger partial charge in [-0.05, 0) is 13.0 Å². The number of thioether (sulfide) groups is 1. The molecule has 1 saturated heterocycles. The predicted molar refractivity (Wildman–Crippen MR) is 86.3 cm³/mol. The molecule has 0 aromatic heterocycles. The molecule has 114 valence electrons. The van der Waals surface area contributed by atoms with Crippen LogP contribution >= 0.6 is 23.4 Å². The van der Waals surface area contributed by atoms with Gasteiger partial charge >= 0.3 is 0 Å². The van der Waals surface area contributed by atoms with Crippen LogP contribution in [0.25, 0.3) is 0 Å². The van der Waals surface area contributed by atoms with Gasteiger partial charge in [0.15, 0.2) is 0 Å². The first kappa shape index (κ1) is 16.2. The molecule has 1 aliphatic heterocycles. The third-order valence-corrected chi connectivity index (χ3v) is 5.20. The predicted octanol–water partition coefficient (Wildman–Crippen LogP) is 2.78. The van der Waals surface area contributed by atoms with Crippen molar-refractivity contribution >= 4 is 35.2 Å². The Kier molecular flexibility index (Phi) is 5.17. The summed E-state index contributed by atoms with van der Waals surface area (Å²) in [5.41, 5.74) is 0.930. The van der Waals surface area contributed by atoms with Crippen LogP contribution in [0.4, 0.5) is 0 Å². The summed E-state index contributed by atoms with van der Waals surface area (Å²) in [4.78, 5) is 27.4. The van der Waals surface area contributed by atoms with Crippen molar-refractivity contribution in [3.8, 4) is 0 Å². The minimum absolute atomic E-state index is 0.0188. The fraction of sp³-hybridized carbons (Fsp3) is 0.467. The number of hydrogen-bond acceptors (Lipinski definition) is 3. The van der Waals surface area contributed by atoms with E-state index < -0.39 is 0 Å². The maximum Gasteiger partial charge on any atom is 0.236 e. The van der Waals surface area contributed by atoms with Crippen molar-refractivity contribution in [2.75, 3.05) is 20.6 Å². The number of hydrogen-bond donors (Lipinski definition) is 0. The van der Waals surface area contributed by atoms with E-state index in [1.54, 1.807) is 35.7 Å². The quantitative estimate of drug-likeness (QED) is 0.854. The molecule has 0 bridgehead atoms. The summed E-state index contributed by atoms with van der Waals surface area (Å²) in [6.07, 6.45) is 0.326. The van der Waals surface area contributed by atoms with Gasteiger partial charge in [-0.3, -0.25) is 9.59 Å². The van der Waals surface area contributed by atoms with Gasteiger partial charge < -0.3 is 9.80 Å². The zero-order chi connectivity index (χ0) is 15.6. The molecule has 21 heavy (non-hydrogen) atoms. The van der Waals surface area contributed by atoms with Gasteiger partial charge in [0.25, 0.3) is 0 Å². The highest BCUT2D eigenvalue weighted by Gasteiger charge is 2.39. The second kappa shape index (κ2) is 6.71. The van der Waals surface area contributed by atoms with Gasteiger partial charge in [-0.25, -0.2) is 0 Å². The monoisotopic (exact) mass is 326 g/mol. The molecular formula is C15H19ClN2O2S. The van der Waals surface area contributed by atoms with Crippen molar-refractivity contribution < 1.29 is 9.59 Å². The maximum atomic E-state index is 12.3. The molecule has 2 amide bonds. The van der Waals surface area contributed by atoms with Crippen LogP contribution in [0.1, 0.15) is 24.3 Å². The Bertz CT molecular complexity index is 550. The lowest BCUT2D eigenvalue weighted by molar-refractivity contribution is -0.132. The Morgan fingerprint density at radius 1 is 1.38 bits per heavy atom. The largest absolute Gasteiger partial charge is 0.349 e. The molecule has 4 nitrogen and oxygen atoms in total. The minimum atomic E-state index is -0.115. The highest BCUT2D eigenvalue weighted by molar-refractivity contribution is 8.01. The summed E-state index contributed by atoms with van der Waals surface area (Å²) in [5, 5.41) is 0.428. The third kappa shape index (κ3) is 3.52. The fourth-order valence-corrected chi connectivity index (χ4v) is 3.91. The van der Waals surface area contributed by atoms with E-state index in [9.17, 15) is 9.59 Å². The first-order valence-electron chi connectivity index (χ1n) is 6.82. The van der Waals surface area contributed by atoms with Crippen molar-refractivity contribution in [1.29, 1.82) is 0 Å². The van der Waals surface area contributed by atoms with Crippen LogP contribution in [0.2, 0.25) is 5.02 Å². The molecule has 1 heterocycles. The SMILES string of the molecule is CC1SC(c2ccccc2Cl)N(CCC(=O)N(C)C)C1=O. The van der Waals surface area contributed by atoms with Crippen molar-refractivity contribution in [2.24, 2.45) is 0 Å². The number of amides is 2. The molecule has 2 rings (SSSR count). The number of rotatable bonds is 4. The van der Waals surface area contributed by atoms with Crippen LogP contribution in [-0.2, 0) is 9.59 Å². The summed E-state index contributed by atoms with van der Waals surface area (Å²) in [6.45, 7) is 2.31. The van der Waals surface area contributed by atoms with Crippen molar-refractivity contribution in [3.63, 3.8) is 0 Å². The fourth-order valence-electron chi connectivity index (χ4n) is 2.26. The summed E-state index contributed by atoms with van der Waals surface area (Å²) >= 11 is 7.83. The third-order valence-electron chi connectivity index (χ3n) is 3.48. The van der Waals surface area contributed by atoms with Gasteiger partial charge in [0.05, 0.1) is 5.25 Å². The van der Waals surface area contributed by atoms with E-state index in [0.29, 0.717) is 18.0 Å². The van der Waals surface area contributed by atoms with Crippen molar-refractivity contribution in [3.05, 3.63) is 34.9 Å². The van der Waals surface area contributed by atoms with E-state index in [0.717, 1.165) is 5.56 Å². The molecule has 0 N–H and O–H groups in total.